The van der Waals surface area contributed by atoms with E-state index in [-0.39, 0.29) is 36.6 Å². The van der Waals surface area contributed by atoms with Crippen molar-refractivity contribution >= 4 is 35.1 Å². The fourth-order valence-corrected chi connectivity index (χ4v) is 3.77. The lowest BCUT2D eigenvalue weighted by Crippen LogP contribution is -2.63. The van der Waals surface area contributed by atoms with E-state index in [9.17, 15) is 23.9 Å². The molecular weight excluding hydrogens is 379 g/mol. The maximum atomic E-state index is 14.5. The summed E-state index contributed by atoms with van der Waals surface area (Å²) < 4.78 is 19.5. The van der Waals surface area contributed by atoms with Gasteiger partial charge in [0.15, 0.2) is 0 Å². The van der Waals surface area contributed by atoms with Crippen molar-refractivity contribution in [2.45, 2.75) is 38.3 Å². The second-order valence-electron chi connectivity index (χ2n) is 6.50. The van der Waals surface area contributed by atoms with Crippen LogP contribution >= 0.6 is 11.6 Å². The van der Waals surface area contributed by atoms with Gasteiger partial charge in [0.05, 0.1) is 17.8 Å². The predicted octanol–water partition coefficient (Wildman–Crippen LogP) is 2.31. The Kier molecular flexibility index (Phi) is 6.43. The Morgan fingerprint density at radius 2 is 1.93 bits per heavy atom. The number of para-hydroxylation sites is 1. The first-order valence-electron chi connectivity index (χ1n) is 8.45. The number of benzene rings is 1. The van der Waals surface area contributed by atoms with Gasteiger partial charge in [-0.15, -0.1) is 0 Å². The Morgan fingerprint density at radius 1 is 1.33 bits per heavy atom. The quantitative estimate of drug-likeness (QED) is 0.763. The fraction of sp³-hybridized carbons (Fsp3) is 0.500. The summed E-state index contributed by atoms with van der Waals surface area (Å²) in [4.78, 5) is 39.2. The Bertz CT molecular complexity index is 729. The molecule has 0 radical (unpaired) electrons. The van der Waals surface area contributed by atoms with Gasteiger partial charge in [0.2, 0.25) is 5.91 Å². The van der Waals surface area contributed by atoms with E-state index in [4.69, 9.17) is 16.3 Å². The minimum atomic E-state index is -1.47. The van der Waals surface area contributed by atoms with E-state index in [0.29, 0.717) is 0 Å². The molecular formula is C18H22ClFN2O5. The average Bonchev–Trinajstić information content (AvgIpc) is 2.63. The number of carboxylic acid groups (broad SMARTS) is 1. The number of hydrogen-bond donors (Lipinski definition) is 1. The van der Waals surface area contributed by atoms with Gasteiger partial charge in [0.1, 0.15) is 17.4 Å². The van der Waals surface area contributed by atoms with Gasteiger partial charge in [-0.25, -0.2) is 9.18 Å². The normalized spacial score (nSPS) is 17.8. The van der Waals surface area contributed by atoms with Crippen LogP contribution in [0.25, 0.3) is 0 Å². The Balaban J connectivity index is 2.50. The summed E-state index contributed by atoms with van der Waals surface area (Å²) in [5.41, 5.74) is -1.65. The number of carboxylic acids is 1. The van der Waals surface area contributed by atoms with Crippen LogP contribution in [-0.2, 0) is 19.1 Å². The van der Waals surface area contributed by atoms with Crippen molar-refractivity contribution in [1.82, 2.24) is 4.90 Å². The van der Waals surface area contributed by atoms with Crippen molar-refractivity contribution in [3.63, 3.8) is 0 Å². The first-order chi connectivity index (χ1) is 12.7. The molecule has 27 heavy (non-hydrogen) atoms. The van der Waals surface area contributed by atoms with Gasteiger partial charge in [-0.05, 0) is 31.9 Å². The number of esters is 1. The number of hydrogen-bond acceptors (Lipinski definition) is 5. The number of ether oxygens (including phenoxy) is 1. The highest BCUT2D eigenvalue weighted by Gasteiger charge is 2.51. The van der Waals surface area contributed by atoms with E-state index in [1.54, 1.807) is 11.8 Å². The number of carbonyl (C=O) groups is 3. The first-order valence-corrected chi connectivity index (χ1v) is 8.83. The molecule has 9 heteroatoms. The lowest BCUT2D eigenvalue weighted by Gasteiger charge is -2.47. The van der Waals surface area contributed by atoms with Crippen LogP contribution in [0.1, 0.15) is 26.7 Å². The second kappa shape index (κ2) is 8.22. The van der Waals surface area contributed by atoms with E-state index < -0.39 is 35.2 Å². The van der Waals surface area contributed by atoms with E-state index in [1.165, 1.54) is 26.2 Å². The van der Waals surface area contributed by atoms with Crippen molar-refractivity contribution in [1.29, 1.82) is 0 Å². The number of halogens is 2. The molecule has 0 bridgehead atoms. The van der Waals surface area contributed by atoms with E-state index in [0.717, 1.165) is 11.0 Å². The molecule has 1 unspecified atom stereocenters. The lowest BCUT2D eigenvalue weighted by molar-refractivity contribution is -0.152. The predicted molar refractivity (Wildman–Crippen MR) is 97.2 cm³/mol. The number of aliphatic carboxylic acids is 1. The van der Waals surface area contributed by atoms with Crippen LogP contribution in [0, 0.1) is 5.82 Å². The molecule has 148 valence electrons. The third kappa shape index (κ3) is 3.91. The Hall–Kier alpha value is -2.19. The summed E-state index contributed by atoms with van der Waals surface area (Å²) in [7, 11) is 1.19. The van der Waals surface area contributed by atoms with E-state index >= 15 is 0 Å². The summed E-state index contributed by atoms with van der Waals surface area (Å²) in [6, 6.07) is 3.25. The topological polar surface area (TPSA) is 87.2 Å². The second-order valence-corrected chi connectivity index (χ2v) is 6.91. The highest BCUT2D eigenvalue weighted by atomic mass is 35.5. The molecule has 1 aromatic carbocycles. The SMILES string of the molecule is COC(=O)C1(N(C(C)=O)c2c(F)cccc2Cl)CCN(C(C)C(=O)O)CC1. The van der Waals surface area contributed by atoms with Gasteiger partial charge >= 0.3 is 11.9 Å². The average molecular weight is 401 g/mol. The smallest absolute Gasteiger partial charge is 0.332 e. The lowest BCUT2D eigenvalue weighted by atomic mass is 9.84. The molecule has 1 heterocycles. The molecule has 1 amide bonds. The van der Waals surface area contributed by atoms with Crippen molar-refractivity contribution in [3.8, 4) is 0 Å². The van der Waals surface area contributed by atoms with Crippen molar-refractivity contribution in [3.05, 3.63) is 29.0 Å². The standard InChI is InChI=1S/C18H22ClFN2O5/c1-11(16(24)25)21-9-7-18(8-10-21,17(26)27-3)22(12(2)23)15-13(19)5-4-6-14(15)20/h4-6,11H,7-10H2,1-3H3,(H,24,25). The zero-order valence-electron chi connectivity index (χ0n) is 15.4. The molecule has 1 N–H and O–H groups in total. The molecule has 1 aliphatic rings. The number of methoxy groups -OCH3 is 1. The maximum absolute atomic E-state index is 14.5. The number of anilines is 1. The van der Waals surface area contributed by atoms with Crippen LogP contribution in [0.4, 0.5) is 10.1 Å². The number of carbonyl (C=O) groups excluding carboxylic acids is 2. The summed E-state index contributed by atoms with van der Waals surface area (Å²) in [5.74, 6) is -2.98. The zero-order valence-corrected chi connectivity index (χ0v) is 16.1. The number of nitrogens with zero attached hydrogens (tertiary/aromatic N) is 2. The molecule has 2 rings (SSSR count). The largest absolute Gasteiger partial charge is 0.480 e. The van der Waals surface area contributed by atoms with Crippen LogP contribution in [0.15, 0.2) is 18.2 Å². The van der Waals surface area contributed by atoms with E-state index in [2.05, 4.69) is 0 Å². The van der Waals surface area contributed by atoms with Crippen LogP contribution in [0.5, 0.6) is 0 Å². The number of rotatable bonds is 5. The van der Waals surface area contributed by atoms with Gasteiger partial charge in [-0.1, -0.05) is 17.7 Å². The molecule has 0 saturated carbocycles. The molecule has 1 saturated heterocycles. The minimum Gasteiger partial charge on any atom is -0.480 e. The van der Waals surface area contributed by atoms with E-state index in [1.807, 2.05) is 0 Å². The summed E-state index contributed by atoms with van der Waals surface area (Å²) in [6.45, 7) is 3.21. The fourth-order valence-electron chi connectivity index (χ4n) is 3.52. The molecule has 1 aliphatic heterocycles. The number of piperidine rings is 1. The molecule has 7 nitrogen and oxygen atoms in total. The van der Waals surface area contributed by atoms with Crippen LogP contribution < -0.4 is 4.90 Å². The molecule has 1 atom stereocenters. The highest BCUT2D eigenvalue weighted by Crippen LogP contribution is 2.39. The van der Waals surface area contributed by atoms with Crippen molar-refractivity contribution < 1.29 is 28.6 Å². The molecule has 1 fully saturated rings. The van der Waals surface area contributed by atoms with Gasteiger partial charge in [0, 0.05) is 20.0 Å². The van der Waals surface area contributed by atoms with Crippen LogP contribution in [-0.4, -0.2) is 59.6 Å². The monoisotopic (exact) mass is 400 g/mol. The van der Waals surface area contributed by atoms with Gasteiger partial charge in [-0.2, -0.15) is 0 Å². The highest BCUT2D eigenvalue weighted by molar-refractivity contribution is 6.34. The molecule has 1 aromatic rings. The number of amides is 1. The maximum Gasteiger partial charge on any atom is 0.332 e. The van der Waals surface area contributed by atoms with Crippen molar-refractivity contribution in [2.24, 2.45) is 0 Å². The molecule has 0 aliphatic carbocycles. The van der Waals surface area contributed by atoms with Crippen LogP contribution in [0.3, 0.4) is 0 Å². The number of likely N-dealkylation sites (tertiary alicyclic amines) is 1. The summed E-state index contributed by atoms with van der Waals surface area (Å²) >= 11 is 6.14. The van der Waals surface area contributed by atoms with Gasteiger partial charge in [0.25, 0.3) is 0 Å². The van der Waals surface area contributed by atoms with Crippen LogP contribution in [0.2, 0.25) is 5.02 Å². The Labute approximate surface area is 161 Å². The first kappa shape index (κ1) is 21.1. The zero-order chi connectivity index (χ0) is 20.4. The van der Waals surface area contributed by atoms with Gasteiger partial charge in [-0.3, -0.25) is 19.4 Å². The minimum absolute atomic E-state index is 0.00480. The molecule has 0 spiro atoms. The van der Waals surface area contributed by atoms with Gasteiger partial charge < -0.3 is 9.84 Å². The molecule has 0 aromatic heterocycles. The third-order valence-electron chi connectivity index (χ3n) is 5.00. The summed E-state index contributed by atoms with van der Waals surface area (Å²) in [5, 5.41) is 9.20. The Morgan fingerprint density at radius 3 is 2.37 bits per heavy atom. The summed E-state index contributed by atoms with van der Waals surface area (Å²) in [6.07, 6.45) is 0.170. The third-order valence-corrected chi connectivity index (χ3v) is 5.30. The van der Waals surface area contributed by atoms with Crippen molar-refractivity contribution in [2.75, 3.05) is 25.1 Å².